The van der Waals surface area contributed by atoms with Gasteiger partial charge in [0.2, 0.25) is 0 Å². The lowest BCUT2D eigenvalue weighted by Gasteiger charge is -2.36. The average Bonchev–Trinajstić information content (AvgIpc) is 3.19. The van der Waals surface area contributed by atoms with Crippen LogP contribution in [0, 0.1) is 6.92 Å². The van der Waals surface area contributed by atoms with Gasteiger partial charge >= 0.3 is 0 Å². The van der Waals surface area contributed by atoms with Gasteiger partial charge < -0.3 is 14.8 Å². The summed E-state index contributed by atoms with van der Waals surface area (Å²) < 4.78 is 2.12. The summed E-state index contributed by atoms with van der Waals surface area (Å²) in [6, 6.07) is 8.83. The van der Waals surface area contributed by atoms with Crippen molar-refractivity contribution < 1.29 is 0 Å². The molecule has 2 aromatic rings. The minimum absolute atomic E-state index is 0. The zero-order valence-corrected chi connectivity index (χ0v) is 20.9. The third-order valence-corrected chi connectivity index (χ3v) is 5.29. The van der Waals surface area contributed by atoms with Crippen LogP contribution in [0.15, 0.2) is 35.6 Å². The second-order valence-electron chi connectivity index (χ2n) is 7.68. The molecule has 0 atom stereocenters. The van der Waals surface area contributed by atoms with Gasteiger partial charge in [0, 0.05) is 58.8 Å². The summed E-state index contributed by atoms with van der Waals surface area (Å²) in [5.41, 5.74) is 2.73. The number of nitrogens with zero attached hydrogens (tertiary/aromatic N) is 6. The van der Waals surface area contributed by atoms with Crippen LogP contribution in [-0.2, 0) is 19.5 Å². The molecule has 1 N–H and O–H groups in total. The lowest BCUT2D eigenvalue weighted by atomic mass is 10.1. The quantitative estimate of drug-likeness (QED) is 0.326. The number of guanidine groups is 1. The fourth-order valence-corrected chi connectivity index (χ4v) is 3.70. The molecule has 1 aromatic carbocycles. The first-order valence-corrected chi connectivity index (χ1v) is 10.9. The fraction of sp³-hybridized carbons (Fsp3) is 0.591. The molecule has 30 heavy (non-hydrogen) atoms. The van der Waals surface area contributed by atoms with E-state index in [2.05, 4.69) is 74.9 Å². The number of nitrogens with one attached hydrogen (secondary N) is 1. The Kier molecular flexibility index (Phi) is 10.6. The summed E-state index contributed by atoms with van der Waals surface area (Å²) in [5.74, 6) is 2.07. The van der Waals surface area contributed by atoms with Gasteiger partial charge in [-0.25, -0.2) is 0 Å². The van der Waals surface area contributed by atoms with Crippen LogP contribution in [0.2, 0.25) is 0 Å². The van der Waals surface area contributed by atoms with Gasteiger partial charge in [-0.2, -0.15) is 0 Å². The number of hydrogen-bond donors (Lipinski definition) is 1. The molecule has 0 spiro atoms. The third kappa shape index (κ3) is 7.23. The van der Waals surface area contributed by atoms with Crippen molar-refractivity contribution in [1.29, 1.82) is 0 Å². The largest absolute Gasteiger partial charge is 0.354 e. The zero-order valence-electron chi connectivity index (χ0n) is 18.5. The summed E-state index contributed by atoms with van der Waals surface area (Å²) in [5, 5.41) is 11.7. The number of rotatable bonds is 8. The number of piperazine rings is 1. The number of halogens is 1. The first kappa shape index (κ1) is 24.6. The normalized spacial score (nSPS) is 15.2. The SMILES string of the molecule is CCCN=C(NCCn1cnnc1CC)N1CCN(Cc2cccc(C)c2)CC1.I. The first-order chi connectivity index (χ1) is 14.2. The van der Waals surface area contributed by atoms with E-state index in [4.69, 9.17) is 4.99 Å². The highest BCUT2D eigenvalue weighted by Crippen LogP contribution is 2.10. The number of hydrogen-bond acceptors (Lipinski definition) is 4. The molecule has 0 bridgehead atoms. The molecule has 1 fully saturated rings. The molecule has 0 amide bonds. The molecule has 2 heterocycles. The monoisotopic (exact) mass is 525 g/mol. The standard InChI is InChI=1S/C22H35N7.HI/c1-4-9-23-22(24-10-11-29-18-25-26-21(29)5-2)28-14-12-27(13-15-28)17-20-8-6-7-19(3)16-20;/h6-8,16,18H,4-5,9-15,17H2,1-3H3,(H,23,24);1H. The highest BCUT2D eigenvalue weighted by Gasteiger charge is 2.20. The van der Waals surface area contributed by atoms with Gasteiger partial charge in [-0.1, -0.05) is 43.7 Å². The van der Waals surface area contributed by atoms with E-state index in [0.717, 1.165) is 77.0 Å². The Bertz CT molecular complexity index is 781. The molecule has 166 valence electrons. The van der Waals surface area contributed by atoms with Crippen molar-refractivity contribution in [3.63, 3.8) is 0 Å². The minimum atomic E-state index is 0. The van der Waals surface area contributed by atoms with Crippen molar-refractivity contribution in [3.8, 4) is 0 Å². The van der Waals surface area contributed by atoms with E-state index < -0.39 is 0 Å². The van der Waals surface area contributed by atoms with Crippen molar-refractivity contribution in [3.05, 3.63) is 47.5 Å². The first-order valence-electron chi connectivity index (χ1n) is 10.9. The van der Waals surface area contributed by atoms with Crippen LogP contribution in [0.5, 0.6) is 0 Å². The molecule has 0 aliphatic carbocycles. The number of aryl methyl sites for hydroxylation is 2. The molecule has 0 radical (unpaired) electrons. The summed E-state index contributed by atoms with van der Waals surface area (Å²) in [6.45, 7) is 14.2. The maximum absolute atomic E-state index is 4.82. The van der Waals surface area contributed by atoms with E-state index in [1.807, 2.05) is 6.33 Å². The van der Waals surface area contributed by atoms with Crippen LogP contribution in [0.25, 0.3) is 0 Å². The lowest BCUT2D eigenvalue weighted by Crippen LogP contribution is -2.52. The highest BCUT2D eigenvalue weighted by atomic mass is 127. The van der Waals surface area contributed by atoms with Crippen molar-refractivity contribution in [2.75, 3.05) is 39.3 Å². The van der Waals surface area contributed by atoms with Crippen LogP contribution in [0.4, 0.5) is 0 Å². The van der Waals surface area contributed by atoms with E-state index >= 15 is 0 Å². The molecule has 1 aliphatic rings. The number of benzene rings is 1. The van der Waals surface area contributed by atoms with Gasteiger partial charge in [0.15, 0.2) is 5.96 Å². The number of aliphatic imine (C=N–C) groups is 1. The number of aromatic nitrogens is 3. The van der Waals surface area contributed by atoms with Gasteiger partial charge in [-0.15, -0.1) is 34.2 Å². The van der Waals surface area contributed by atoms with E-state index in [1.54, 1.807) is 0 Å². The predicted octanol–water partition coefficient (Wildman–Crippen LogP) is 2.94. The van der Waals surface area contributed by atoms with Crippen LogP contribution >= 0.6 is 24.0 Å². The molecule has 7 nitrogen and oxygen atoms in total. The van der Waals surface area contributed by atoms with Gasteiger partial charge in [0.1, 0.15) is 12.2 Å². The van der Waals surface area contributed by atoms with Gasteiger partial charge in [0.05, 0.1) is 0 Å². The van der Waals surface area contributed by atoms with E-state index in [-0.39, 0.29) is 24.0 Å². The molecule has 1 saturated heterocycles. The Morgan fingerprint density at radius 3 is 2.67 bits per heavy atom. The Morgan fingerprint density at radius 1 is 1.17 bits per heavy atom. The molecule has 3 rings (SSSR count). The third-order valence-electron chi connectivity index (χ3n) is 5.29. The molecule has 8 heteroatoms. The second kappa shape index (κ2) is 12.9. The summed E-state index contributed by atoms with van der Waals surface area (Å²) in [6.07, 6.45) is 3.77. The smallest absolute Gasteiger partial charge is 0.194 e. The van der Waals surface area contributed by atoms with Crippen molar-refractivity contribution in [2.24, 2.45) is 4.99 Å². The molecule has 1 aromatic heterocycles. The van der Waals surface area contributed by atoms with E-state index in [1.165, 1.54) is 11.1 Å². The van der Waals surface area contributed by atoms with Crippen LogP contribution < -0.4 is 5.32 Å². The topological polar surface area (TPSA) is 61.6 Å². The Balaban J connectivity index is 0.00000320. The van der Waals surface area contributed by atoms with Crippen LogP contribution in [0.3, 0.4) is 0 Å². The highest BCUT2D eigenvalue weighted by molar-refractivity contribution is 14.0. The average molecular weight is 525 g/mol. The fourth-order valence-electron chi connectivity index (χ4n) is 3.70. The molecular weight excluding hydrogens is 489 g/mol. The van der Waals surface area contributed by atoms with Crippen molar-refractivity contribution >= 4 is 29.9 Å². The predicted molar refractivity (Wildman–Crippen MR) is 133 cm³/mol. The summed E-state index contributed by atoms with van der Waals surface area (Å²) in [7, 11) is 0. The summed E-state index contributed by atoms with van der Waals surface area (Å²) >= 11 is 0. The van der Waals surface area contributed by atoms with Crippen LogP contribution in [0.1, 0.15) is 37.2 Å². The molecule has 0 saturated carbocycles. The maximum atomic E-state index is 4.82. The Hall–Kier alpha value is -1.68. The second-order valence-corrected chi connectivity index (χ2v) is 7.68. The van der Waals surface area contributed by atoms with E-state index in [9.17, 15) is 0 Å². The Morgan fingerprint density at radius 2 is 1.97 bits per heavy atom. The van der Waals surface area contributed by atoms with Gasteiger partial charge in [-0.05, 0) is 18.9 Å². The molecular formula is C22H36IN7. The summed E-state index contributed by atoms with van der Waals surface area (Å²) in [4.78, 5) is 9.75. The van der Waals surface area contributed by atoms with Gasteiger partial charge in [0.25, 0.3) is 0 Å². The molecule has 1 aliphatic heterocycles. The maximum Gasteiger partial charge on any atom is 0.194 e. The Labute approximate surface area is 198 Å². The van der Waals surface area contributed by atoms with E-state index in [0.29, 0.717) is 0 Å². The van der Waals surface area contributed by atoms with Gasteiger partial charge in [-0.3, -0.25) is 9.89 Å². The van der Waals surface area contributed by atoms with Crippen molar-refractivity contribution in [1.82, 2.24) is 29.9 Å². The van der Waals surface area contributed by atoms with Crippen LogP contribution in [-0.4, -0.2) is 69.8 Å². The molecule has 0 unspecified atom stereocenters. The zero-order chi connectivity index (χ0) is 20.5. The van der Waals surface area contributed by atoms with Crippen molar-refractivity contribution in [2.45, 2.75) is 46.7 Å². The minimum Gasteiger partial charge on any atom is -0.354 e. The lowest BCUT2D eigenvalue weighted by molar-refractivity contribution is 0.172.